The van der Waals surface area contributed by atoms with Gasteiger partial charge in [-0.2, -0.15) is 5.26 Å². The van der Waals surface area contributed by atoms with E-state index in [9.17, 15) is 19.5 Å². The Morgan fingerprint density at radius 2 is 2.41 bits per heavy atom. The molecule has 0 aliphatic carbocycles. The fourth-order valence-electron chi connectivity index (χ4n) is 2.46. The summed E-state index contributed by atoms with van der Waals surface area (Å²) in [6.07, 6.45) is 2.72. The second-order valence-corrected chi connectivity index (χ2v) is 8.33. The number of carbonyl (C=O) groups is 3. The summed E-state index contributed by atoms with van der Waals surface area (Å²) in [5.74, 6) is -1.58. The van der Waals surface area contributed by atoms with Crippen LogP contribution in [0.3, 0.4) is 0 Å². The number of carboxylic acids is 1. The molecule has 1 aromatic rings. The van der Waals surface area contributed by atoms with E-state index in [-0.39, 0.29) is 17.4 Å². The highest BCUT2D eigenvalue weighted by molar-refractivity contribution is 8.06. The van der Waals surface area contributed by atoms with Crippen LogP contribution in [0.15, 0.2) is 33.3 Å². The summed E-state index contributed by atoms with van der Waals surface area (Å²) in [6, 6.07) is 1.05. The Bertz CT molecular complexity index is 863. The number of nitrogens with zero attached hydrogens (tertiary/aromatic N) is 4. The number of amides is 2. The van der Waals surface area contributed by atoms with Crippen molar-refractivity contribution in [2.45, 2.75) is 16.4 Å². The van der Waals surface area contributed by atoms with Crippen LogP contribution in [0.4, 0.5) is 0 Å². The number of rotatable bonds is 7. The van der Waals surface area contributed by atoms with Gasteiger partial charge in [0.05, 0.1) is 18.0 Å². The molecule has 2 atom stereocenters. The van der Waals surface area contributed by atoms with Crippen LogP contribution in [-0.2, 0) is 14.4 Å². The van der Waals surface area contributed by atoms with E-state index in [1.165, 1.54) is 34.3 Å². The molecule has 2 amide bonds. The van der Waals surface area contributed by atoms with Gasteiger partial charge in [0.2, 0.25) is 5.91 Å². The zero-order valence-corrected chi connectivity index (χ0v) is 15.9. The molecule has 0 spiro atoms. The first-order chi connectivity index (χ1) is 13.0. The Morgan fingerprint density at radius 3 is 3.07 bits per heavy atom. The van der Waals surface area contributed by atoms with Crippen LogP contribution in [0.5, 0.6) is 0 Å². The van der Waals surface area contributed by atoms with Crippen molar-refractivity contribution in [1.29, 1.82) is 5.26 Å². The average Bonchev–Trinajstić information content (AvgIpc) is 3.15. The predicted molar refractivity (Wildman–Crippen MR) is 99.1 cm³/mol. The second-order valence-electron chi connectivity index (χ2n) is 5.20. The number of aromatic nitrogens is 3. The van der Waals surface area contributed by atoms with E-state index < -0.39 is 23.3 Å². The standard InChI is InChI=1S/C14H12N6O4S3/c15-2-1-3-25-6-8(21)17-10-12(22)20-11(14(23)24)7(5-26-13(10)20)27-9-4-16-19-18-9/h1,3-4,10,13H,5-6H2,(H,17,21)(H,23,24)(H,16,18,19)/b3-1-/t10-,13+/m1/s1. The van der Waals surface area contributed by atoms with Crippen LogP contribution in [-0.4, -0.2) is 66.1 Å². The lowest BCUT2D eigenvalue weighted by Gasteiger charge is -2.49. The number of H-pyrrole nitrogens is 1. The highest BCUT2D eigenvalue weighted by Crippen LogP contribution is 2.44. The van der Waals surface area contributed by atoms with Gasteiger partial charge in [0.25, 0.3) is 5.91 Å². The van der Waals surface area contributed by atoms with Gasteiger partial charge in [-0.3, -0.25) is 19.6 Å². The van der Waals surface area contributed by atoms with E-state index in [1.54, 1.807) is 0 Å². The molecule has 0 unspecified atom stereocenters. The van der Waals surface area contributed by atoms with E-state index in [0.717, 1.165) is 23.5 Å². The first kappa shape index (κ1) is 19.3. The average molecular weight is 424 g/mol. The third-order valence-electron chi connectivity index (χ3n) is 3.53. The largest absolute Gasteiger partial charge is 0.477 e. The number of nitriles is 1. The number of nitrogens with one attached hydrogen (secondary N) is 2. The van der Waals surface area contributed by atoms with Gasteiger partial charge in [0.15, 0.2) is 0 Å². The van der Waals surface area contributed by atoms with Crippen LogP contribution >= 0.6 is 35.3 Å². The third-order valence-corrected chi connectivity index (χ3v) is 6.75. The van der Waals surface area contributed by atoms with Gasteiger partial charge >= 0.3 is 5.97 Å². The van der Waals surface area contributed by atoms with Crippen LogP contribution in [0, 0.1) is 11.3 Å². The fourth-order valence-corrected chi connectivity index (χ4v) is 5.31. The van der Waals surface area contributed by atoms with Gasteiger partial charge in [0.1, 0.15) is 22.1 Å². The molecule has 3 rings (SSSR count). The van der Waals surface area contributed by atoms with Gasteiger partial charge in [0, 0.05) is 16.7 Å². The van der Waals surface area contributed by atoms with Gasteiger partial charge in [-0.25, -0.2) is 4.79 Å². The lowest BCUT2D eigenvalue weighted by Crippen LogP contribution is -2.70. The Morgan fingerprint density at radius 1 is 1.59 bits per heavy atom. The Balaban J connectivity index is 1.68. The van der Waals surface area contributed by atoms with Crippen molar-refractivity contribution >= 4 is 53.1 Å². The van der Waals surface area contributed by atoms with Crippen molar-refractivity contribution < 1.29 is 19.5 Å². The number of hydrogen-bond donors (Lipinski definition) is 3. The molecular weight excluding hydrogens is 412 g/mol. The number of thioether (sulfide) groups is 3. The van der Waals surface area contributed by atoms with Gasteiger partial charge in [-0.1, -0.05) is 17.0 Å². The number of β-lactam (4-membered cyclic amide) rings is 1. The highest BCUT2D eigenvalue weighted by Gasteiger charge is 2.54. The third kappa shape index (κ3) is 4.12. The van der Waals surface area contributed by atoms with Crippen molar-refractivity contribution in [2.75, 3.05) is 11.5 Å². The molecule has 0 saturated carbocycles. The SMILES string of the molecule is N#C/C=C\SCC(=O)N[C@@H]1C(=O)N2C(C(=O)O)=C(Sc3cnn[nH]3)CS[C@@H]12. The van der Waals surface area contributed by atoms with E-state index in [2.05, 4.69) is 20.7 Å². The summed E-state index contributed by atoms with van der Waals surface area (Å²) in [6.45, 7) is 0. The number of fused-ring (bicyclic) bond motifs is 1. The topological polar surface area (TPSA) is 152 Å². The van der Waals surface area contributed by atoms with Crippen molar-refractivity contribution in [2.24, 2.45) is 0 Å². The first-order valence-electron chi connectivity index (χ1n) is 7.43. The molecule has 1 aromatic heterocycles. The highest BCUT2D eigenvalue weighted by atomic mass is 32.2. The summed E-state index contributed by atoms with van der Waals surface area (Å²) >= 11 is 3.67. The molecule has 1 fully saturated rings. The summed E-state index contributed by atoms with van der Waals surface area (Å²) in [4.78, 5) is 37.8. The maximum atomic E-state index is 12.5. The zero-order chi connectivity index (χ0) is 19.4. The fraction of sp³-hybridized carbons (Fsp3) is 0.286. The van der Waals surface area contributed by atoms with Crippen LogP contribution in [0.25, 0.3) is 0 Å². The van der Waals surface area contributed by atoms with E-state index >= 15 is 0 Å². The number of hydrogen-bond acceptors (Lipinski definition) is 9. The molecule has 0 bridgehead atoms. The van der Waals surface area contributed by atoms with Crippen molar-refractivity contribution in [1.82, 2.24) is 25.6 Å². The summed E-state index contributed by atoms with van der Waals surface area (Å²) in [5, 5.41) is 32.1. The summed E-state index contributed by atoms with van der Waals surface area (Å²) in [5.41, 5.74) is -0.0832. The molecule has 140 valence electrons. The Labute approximate surface area is 165 Å². The van der Waals surface area contributed by atoms with Gasteiger partial charge in [-0.15, -0.1) is 28.6 Å². The molecule has 0 radical (unpaired) electrons. The normalized spacial score (nSPS) is 21.6. The quantitative estimate of drug-likeness (QED) is 0.413. The van der Waals surface area contributed by atoms with E-state index in [1.807, 2.05) is 6.07 Å². The lowest BCUT2D eigenvalue weighted by molar-refractivity contribution is -0.150. The molecule has 13 heteroatoms. The van der Waals surface area contributed by atoms with Gasteiger partial charge < -0.3 is 10.4 Å². The number of carbonyl (C=O) groups excluding carboxylic acids is 2. The minimum absolute atomic E-state index is 0.0644. The molecule has 3 N–H and O–H groups in total. The monoisotopic (exact) mass is 424 g/mol. The minimum Gasteiger partial charge on any atom is -0.477 e. The molecule has 2 aliphatic rings. The Hall–Kier alpha value is -2.43. The first-order valence-corrected chi connectivity index (χ1v) is 10.3. The number of allylic oxidation sites excluding steroid dienone is 1. The predicted octanol–water partition coefficient (Wildman–Crippen LogP) is 0.363. The number of carboxylic acid groups (broad SMARTS) is 1. The summed E-state index contributed by atoms with van der Waals surface area (Å²) in [7, 11) is 0. The molecule has 2 aliphatic heterocycles. The van der Waals surface area contributed by atoms with E-state index in [0.29, 0.717) is 15.7 Å². The molecule has 0 aromatic carbocycles. The molecule has 3 heterocycles. The number of aliphatic carboxylic acids is 1. The summed E-state index contributed by atoms with van der Waals surface area (Å²) < 4.78 is 0. The molecule has 1 saturated heterocycles. The van der Waals surface area contributed by atoms with Crippen molar-refractivity contribution in [3.05, 3.63) is 28.3 Å². The maximum Gasteiger partial charge on any atom is 0.353 e. The Kier molecular flexibility index (Phi) is 6.09. The van der Waals surface area contributed by atoms with Crippen LogP contribution in [0.1, 0.15) is 0 Å². The van der Waals surface area contributed by atoms with Crippen LogP contribution < -0.4 is 5.32 Å². The van der Waals surface area contributed by atoms with Crippen molar-refractivity contribution in [3.8, 4) is 6.07 Å². The minimum atomic E-state index is -1.20. The van der Waals surface area contributed by atoms with Crippen molar-refractivity contribution in [3.63, 3.8) is 0 Å². The van der Waals surface area contributed by atoms with Gasteiger partial charge in [-0.05, 0) is 5.41 Å². The van der Waals surface area contributed by atoms with Crippen LogP contribution in [0.2, 0.25) is 0 Å². The van der Waals surface area contributed by atoms with E-state index in [4.69, 9.17) is 5.26 Å². The smallest absolute Gasteiger partial charge is 0.353 e. The second kappa shape index (κ2) is 8.51. The number of aromatic amines is 1. The molecular formula is C14H12N6O4S3. The maximum absolute atomic E-state index is 12.5. The zero-order valence-electron chi connectivity index (χ0n) is 13.5. The molecule has 10 nitrogen and oxygen atoms in total. The molecule has 27 heavy (non-hydrogen) atoms. The lowest BCUT2D eigenvalue weighted by atomic mass is 10.1.